The van der Waals surface area contributed by atoms with E-state index >= 15 is 0 Å². The maximum absolute atomic E-state index is 13.7. The van der Waals surface area contributed by atoms with Crippen molar-refractivity contribution in [1.29, 1.82) is 0 Å². The van der Waals surface area contributed by atoms with Crippen LogP contribution in [0.2, 0.25) is 15.1 Å². The first-order chi connectivity index (χ1) is 17.5. The molecule has 0 heterocycles. The number of hydrogen-bond acceptors (Lipinski definition) is 4. The molecule has 0 fully saturated rings. The van der Waals surface area contributed by atoms with Crippen LogP contribution in [-0.2, 0) is 26.2 Å². The van der Waals surface area contributed by atoms with E-state index in [1.165, 1.54) is 35.2 Å². The Morgan fingerprint density at radius 2 is 1.62 bits per heavy atom. The van der Waals surface area contributed by atoms with Crippen LogP contribution in [0.25, 0.3) is 0 Å². The summed E-state index contributed by atoms with van der Waals surface area (Å²) in [5.74, 6) is -0.964. The van der Waals surface area contributed by atoms with Crippen LogP contribution in [0, 0.1) is 0 Å². The summed E-state index contributed by atoms with van der Waals surface area (Å²) in [5, 5.41) is 3.55. The summed E-state index contributed by atoms with van der Waals surface area (Å²) in [6, 6.07) is 18.0. The summed E-state index contributed by atoms with van der Waals surface area (Å²) in [4.78, 5) is 27.8. The van der Waals surface area contributed by atoms with Crippen molar-refractivity contribution in [3.8, 4) is 0 Å². The second kappa shape index (κ2) is 12.6. The molecule has 0 aliphatic rings. The van der Waals surface area contributed by atoms with Gasteiger partial charge in [0.15, 0.2) is 0 Å². The summed E-state index contributed by atoms with van der Waals surface area (Å²) >= 11 is 18.4. The van der Waals surface area contributed by atoms with Gasteiger partial charge in [-0.25, -0.2) is 8.42 Å². The maximum atomic E-state index is 13.7. The van der Waals surface area contributed by atoms with Gasteiger partial charge in [-0.2, -0.15) is 0 Å². The second-order valence-electron chi connectivity index (χ2n) is 8.15. The first-order valence-corrected chi connectivity index (χ1v) is 14.0. The molecule has 2 amide bonds. The fourth-order valence-electron chi connectivity index (χ4n) is 3.63. The third-order valence-electron chi connectivity index (χ3n) is 5.56. The van der Waals surface area contributed by atoms with Gasteiger partial charge in [-0.05, 0) is 61.9 Å². The summed E-state index contributed by atoms with van der Waals surface area (Å²) in [7, 11) is -4.19. The molecule has 196 valence electrons. The number of anilines is 1. The lowest BCUT2D eigenvalue weighted by Crippen LogP contribution is -2.51. The zero-order chi connectivity index (χ0) is 27.2. The van der Waals surface area contributed by atoms with Crippen molar-refractivity contribution in [1.82, 2.24) is 10.2 Å². The molecule has 0 saturated heterocycles. The van der Waals surface area contributed by atoms with E-state index in [0.29, 0.717) is 17.1 Å². The molecule has 7 nitrogen and oxygen atoms in total. The number of hydrogen-bond donors (Lipinski definition) is 1. The molecule has 3 aromatic carbocycles. The van der Waals surface area contributed by atoms with Gasteiger partial charge in [-0.1, -0.05) is 65.1 Å². The standard InChI is InChI=1S/C26H26Cl3N3O4S/c1-3-30-26(34)18(2)31(16-19-8-7-9-20(27)14-19)25(33)17-32(21-12-13-23(28)24(29)15-21)37(35,36)22-10-5-4-6-11-22/h4-15,18H,3,16-17H2,1-2H3,(H,30,34)/t18-/m0/s1. The Kier molecular flexibility index (Phi) is 9.84. The topological polar surface area (TPSA) is 86.8 Å². The van der Waals surface area contributed by atoms with Gasteiger partial charge in [0, 0.05) is 18.1 Å². The monoisotopic (exact) mass is 581 g/mol. The van der Waals surface area contributed by atoms with Crippen LogP contribution in [0.4, 0.5) is 5.69 Å². The minimum atomic E-state index is -4.19. The van der Waals surface area contributed by atoms with Crippen molar-refractivity contribution in [2.75, 3.05) is 17.4 Å². The van der Waals surface area contributed by atoms with Crippen molar-refractivity contribution in [3.63, 3.8) is 0 Å². The molecule has 3 rings (SSSR count). The Morgan fingerprint density at radius 1 is 0.919 bits per heavy atom. The number of benzene rings is 3. The highest BCUT2D eigenvalue weighted by molar-refractivity contribution is 7.92. The van der Waals surface area contributed by atoms with Crippen molar-refractivity contribution >= 4 is 62.3 Å². The van der Waals surface area contributed by atoms with Gasteiger partial charge in [0.05, 0.1) is 20.6 Å². The lowest BCUT2D eigenvalue weighted by Gasteiger charge is -2.32. The average molecular weight is 583 g/mol. The first-order valence-electron chi connectivity index (χ1n) is 11.4. The molecular formula is C26H26Cl3N3O4S. The predicted molar refractivity (Wildman–Crippen MR) is 148 cm³/mol. The molecule has 0 bridgehead atoms. The van der Waals surface area contributed by atoms with Crippen LogP contribution in [0.5, 0.6) is 0 Å². The number of carbonyl (C=O) groups is 2. The molecular weight excluding hydrogens is 557 g/mol. The number of likely N-dealkylation sites (N-methyl/N-ethyl adjacent to an activating group) is 1. The Hall–Kier alpha value is -2.78. The van der Waals surface area contributed by atoms with Crippen LogP contribution in [0.1, 0.15) is 19.4 Å². The highest BCUT2D eigenvalue weighted by Crippen LogP contribution is 2.31. The van der Waals surface area contributed by atoms with E-state index in [1.54, 1.807) is 56.3 Å². The number of carbonyl (C=O) groups excluding carboxylic acids is 2. The molecule has 0 saturated carbocycles. The van der Waals surface area contributed by atoms with Crippen molar-refractivity contribution < 1.29 is 18.0 Å². The molecule has 0 spiro atoms. The van der Waals surface area contributed by atoms with E-state index in [4.69, 9.17) is 34.8 Å². The van der Waals surface area contributed by atoms with Crippen LogP contribution in [0.15, 0.2) is 77.7 Å². The number of nitrogens with one attached hydrogen (secondary N) is 1. The molecule has 0 aliphatic heterocycles. The van der Waals surface area contributed by atoms with Gasteiger partial charge >= 0.3 is 0 Å². The largest absolute Gasteiger partial charge is 0.355 e. The molecule has 0 aliphatic carbocycles. The molecule has 3 aromatic rings. The molecule has 0 unspecified atom stereocenters. The molecule has 1 atom stereocenters. The minimum absolute atomic E-state index is 0.00737. The highest BCUT2D eigenvalue weighted by Gasteiger charge is 2.32. The van der Waals surface area contributed by atoms with Crippen molar-refractivity contribution in [2.24, 2.45) is 0 Å². The summed E-state index contributed by atoms with van der Waals surface area (Å²) in [6.07, 6.45) is 0. The number of nitrogens with zero attached hydrogens (tertiary/aromatic N) is 2. The van der Waals surface area contributed by atoms with Crippen LogP contribution in [-0.4, -0.2) is 44.3 Å². The Bertz CT molecular complexity index is 1370. The van der Waals surface area contributed by atoms with Crippen molar-refractivity contribution in [3.05, 3.63) is 93.4 Å². The highest BCUT2D eigenvalue weighted by atomic mass is 35.5. The van der Waals surface area contributed by atoms with Crippen LogP contribution < -0.4 is 9.62 Å². The van der Waals surface area contributed by atoms with Gasteiger partial charge in [0.25, 0.3) is 10.0 Å². The third kappa shape index (κ3) is 7.17. The summed E-state index contributed by atoms with van der Waals surface area (Å²) in [6.45, 7) is 3.19. The number of halogens is 3. The third-order valence-corrected chi connectivity index (χ3v) is 8.32. The van der Waals surface area contributed by atoms with E-state index < -0.39 is 28.5 Å². The van der Waals surface area contributed by atoms with Gasteiger partial charge in [0.2, 0.25) is 11.8 Å². The van der Waals surface area contributed by atoms with E-state index in [9.17, 15) is 18.0 Å². The second-order valence-corrected chi connectivity index (χ2v) is 11.3. The molecule has 0 radical (unpaired) electrons. The maximum Gasteiger partial charge on any atom is 0.264 e. The average Bonchev–Trinajstić information content (AvgIpc) is 2.87. The predicted octanol–water partition coefficient (Wildman–Crippen LogP) is 5.40. The van der Waals surface area contributed by atoms with Crippen LogP contribution in [0.3, 0.4) is 0 Å². The van der Waals surface area contributed by atoms with Gasteiger partial charge < -0.3 is 10.2 Å². The Balaban J connectivity index is 2.04. The number of sulfonamides is 1. The van der Waals surface area contributed by atoms with Crippen molar-refractivity contribution in [2.45, 2.75) is 31.3 Å². The smallest absolute Gasteiger partial charge is 0.264 e. The van der Waals surface area contributed by atoms with Crippen LogP contribution >= 0.6 is 34.8 Å². The number of rotatable bonds is 10. The zero-order valence-electron chi connectivity index (χ0n) is 20.2. The first kappa shape index (κ1) is 28.8. The quantitative estimate of drug-likeness (QED) is 0.347. The molecule has 1 N–H and O–H groups in total. The summed E-state index contributed by atoms with van der Waals surface area (Å²) < 4.78 is 28.3. The molecule has 0 aromatic heterocycles. The Labute approximate surface area is 232 Å². The van der Waals surface area contributed by atoms with Gasteiger partial charge in [-0.3, -0.25) is 13.9 Å². The lowest BCUT2D eigenvalue weighted by atomic mass is 10.1. The minimum Gasteiger partial charge on any atom is -0.355 e. The zero-order valence-corrected chi connectivity index (χ0v) is 23.3. The fourth-order valence-corrected chi connectivity index (χ4v) is 5.56. The van der Waals surface area contributed by atoms with E-state index in [0.717, 1.165) is 4.31 Å². The van der Waals surface area contributed by atoms with E-state index in [2.05, 4.69) is 5.32 Å². The SMILES string of the molecule is CCNC(=O)[C@H](C)N(Cc1cccc(Cl)c1)C(=O)CN(c1ccc(Cl)c(Cl)c1)S(=O)(=O)c1ccccc1. The Morgan fingerprint density at radius 3 is 2.24 bits per heavy atom. The lowest BCUT2D eigenvalue weighted by molar-refractivity contribution is -0.139. The fraction of sp³-hybridized carbons (Fsp3) is 0.231. The van der Waals surface area contributed by atoms with E-state index in [1.807, 2.05) is 0 Å². The van der Waals surface area contributed by atoms with Gasteiger partial charge in [-0.15, -0.1) is 0 Å². The number of amides is 2. The van der Waals surface area contributed by atoms with E-state index in [-0.39, 0.29) is 33.1 Å². The molecule has 37 heavy (non-hydrogen) atoms. The molecule has 11 heteroatoms. The van der Waals surface area contributed by atoms with Gasteiger partial charge in [0.1, 0.15) is 12.6 Å². The normalized spacial score (nSPS) is 12.0. The summed E-state index contributed by atoms with van der Waals surface area (Å²) in [5.41, 5.74) is 0.837.